The maximum absolute atomic E-state index is 9.72. The normalized spacial score (nSPS) is 15.6. The average molecular weight is 263 g/mol. The van der Waals surface area contributed by atoms with Crippen molar-refractivity contribution in [1.82, 2.24) is 5.32 Å². The molecule has 0 spiro atoms. The number of hydrogen-bond donors (Lipinski definition) is 2. The van der Waals surface area contributed by atoms with E-state index < -0.39 is 0 Å². The molecule has 0 fully saturated rings. The number of benzene rings is 1. The maximum atomic E-state index is 9.72. The molecule has 0 heterocycles. The second-order valence-corrected chi connectivity index (χ2v) is 7.09. The highest BCUT2D eigenvalue weighted by molar-refractivity contribution is 5.31. The largest absolute Gasteiger partial charge is 0.394 e. The molecule has 1 rings (SSSR count). The Bertz CT molecular complexity index is 389. The third-order valence-corrected chi connectivity index (χ3v) is 3.60. The molecule has 1 atom stereocenters. The van der Waals surface area contributed by atoms with Gasteiger partial charge in [0.1, 0.15) is 0 Å². The van der Waals surface area contributed by atoms with Crippen molar-refractivity contribution < 1.29 is 5.11 Å². The summed E-state index contributed by atoms with van der Waals surface area (Å²) < 4.78 is 0. The van der Waals surface area contributed by atoms with E-state index in [-0.39, 0.29) is 17.6 Å². The van der Waals surface area contributed by atoms with E-state index in [1.807, 2.05) is 0 Å². The van der Waals surface area contributed by atoms with Gasteiger partial charge in [-0.3, -0.25) is 0 Å². The monoisotopic (exact) mass is 263 g/mol. The first-order chi connectivity index (χ1) is 8.69. The second kappa shape index (κ2) is 6.06. The Morgan fingerprint density at radius 1 is 1.00 bits per heavy atom. The lowest BCUT2D eigenvalue weighted by Crippen LogP contribution is -2.44. The van der Waals surface area contributed by atoms with Crippen LogP contribution in [0.4, 0.5) is 0 Å². The van der Waals surface area contributed by atoms with Crippen molar-refractivity contribution in [3.8, 4) is 0 Å². The lowest BCUT2D eigenvalue weighted by Gasteiger charge is -2.31. The SMILES string of the molecule is CC(C)CNC(C)(CO)c1ccc(C(C)(C)C)cc1. The summed E-state index contributed by atoms with van der Waals surface area (Å²) in [5, 5.41) is 13.2. The van der Waals surface area contributed by atoms with Gasteiger partial charge in [-0.1, -0.05) is 58.9 Å². The standard InChI is InChI=1S/C17H29NO/c1-13(2)11-18-17(6,12-19)15-9-7-14(8-10-15)16(3,4)5/h7-10,13,18-19H,11-12H2,1-6H3. The predicted molar refractivity (Wildman–Crippen MR) is 82.4 cm³/mol. The van der Waals surface area contributed by atoms with E-state index in [1.54, 1.807) is 0 Å². The Hall–Kier alpha value is -0.860. The lowest BCUT2D eigenvalue weighted by atomic mass is 9.84. The molecule has 2 heteroatoms. The first-order valence-electron chi connectivity index (χ1n) is 7.16. The predicted octanol–water partition coefficient (Wildman–Crippen LogP) is 3.44. The van der Waals surface area contributed by atoms with Crippen LogP contribution in [0.15, 0.2) is 24.3 Å². The molecule has 0 saturated heterocycles. The van der Waals surface area contributed by atoms with Crippen molar-refractivity contribution >= 4 is 0 Å². The summed E-state index contributed by atoms with van der Waals surface area (Å²) in [6.45, 7) is 14.0. The van der Waals surface area contributed by atoms with Gasteiger partial charge in [-0.25, -0.2) is 0 Å². The van der Waals surface area contributed by atoms with E-state index in [0.29, 0.717) is 5.92 Å². The molecule has 0 saturated carbocycles. The van der Waals surface area contributed by atoms with Crippen molar-refractivity contribution in [3.63, 3.8) is 0 Å². The Balaban J connectivity index is 2.93. The molecule has 0 aliphatic carbocycles. The molecule has 108 valence electrons. The third kappa shape index (κ3) is 4.32. The zero-order chi connectivity index (χ0) is 14.7. The summed E-state index contributed by atoms with van der Waals surface area (Å²) in [7, 11) is 0. The minimum atomic E-state index is -0.360. The van der Waals surface area contributed by atoms with E-state index in [4.69, 9.17) is 0 Å². The zero-order valence-electron chi connectivity index (χ0n) is 13.2. The highest BCUT2D eigenvalue weighted by Gasteiger charge is 2.25. The minimum absolute atomic E-state index is 0.106. The summed E-state index contributed by atoms with van der Waals surface area (Å²) in [5.74, 6) is 0.569. The van der Waals surface area contributed by atoms with Gasteiger partial charge < -0.3 is 10.4 Å². The van der Waals surface area contributed by atoms with Gasteiger partial charge in [-0.15, -0.1) is 0 Å². The first-order valence-corrected chi connectivity index (χ1v) is 7.16. The molecule has 0 aliphatic heterocycles. The Kier molecular flexibility index (Phi) is 5.17. The van der Waals surface area contributed by atoms with Gasteiger partial charge in [0.15, 0.2) is 0 Å². The highest BCUT2D eigenvalue weighted by atomic mass is 16.3. The fourth-order valence-corrected chi connectivity index (χ4v) is 2.02. The molecule has 1 aromatic carbocycles. The van der Waals surface area contributed by atoms with Gasteiger partial charge in [0.25, 0.3) is 0 Å². The minimum Gasteiger partial charge on any atom is -0.394 e. The van der Waals surface area contributed by atoms with Gasteiger partial charge in [0.05, 0.1) is 12.1 Å². The van der Waals surface area contributed by atoms with Gasteiger partial charge in [0, 0.05) is 0 Å². The van der Waals surface area contributed by atoms with E-state index in [9.17, 15) is 5.11 Å². The van der Waals surface area contributed by atoms with Crippen LogP contribution in [0.2, 0.25) is 0 Å². The number of aliphatic hydroxyl groups is 1. The summed E-state index contributed by atoms with van der Waals surface area (Å²) in [6.07, 6.45) is 0. The molecule has 0 radical (unpaired) electrons. The van der Waals surface area contributed by atoms with Gasteiger partial charge >= 0.3 is 0 Å². The van der Waals surface area contributed by atoms with E-state index >= 15 is 0 Å². The third-order valence-electron chi connectivity index (χ3n) is 3.60. The Morgan fingerprint density at radius 2 is 1.47 bits per heavy atom. The Morgan fingerprint density at radius 3 is 1.84 bits per heavy atom. The molecule has 1 unspecified atom stereocenters. The number of nitrogens with one attached hydrogen (secondary N) is 1. The van der Waals surface area contributed by atoms with E-state index in [0.717, 1.165) is 12.1 Å². The summed E-state index contributed by atoms with van der Waals surface area (Å²) in [4.78, 5) is 0. The van der Waals surface area contributed by atoms with Crippen molar-refractivity contribution in [3.05, 3.63) is 35.4 Å². The van der Waals surface area contributed by atoms with Crippen LogP contribution in [0.25, 0.3) is 0 Å². The molecule has 0 aliphatic rings. The number of rotatable bonds is 5. The molecule has 19 heavy (non-hydrogen) atoms. The fourth-order valence-electron chi connectivity index (χ4n) is 2.02. The first kappa shape index (κ1) is 16.2. The van der Waals surface area contributed by atoms with Crippen LogP contribution < -0.4 is 5.32 Å². The quantitative estimate of drug-likeness (QED) is 0.853. The van der Waals surface area contributed by atoms with Crippen LogP contribution in [-0.4, -0.2) is 18.3 Å². The summed E-state index contributed by atoms with van der Waals surface area (Å²) in [6, 6.07) is 8.59. The van der Waals surface area contributed by atoms with Crippen LogP contribution in [0.1, 0.15) is 52.7 Å². The molecular formula is C17H29NO. The molecule has 2 N–H and O–H groups in total. The van der Waals surface area contributed by atoms with Crippen molar-refractivity contribution in [1.29, 1.82) is 0 Å². The number of aliphatic hydroxyl groups excluding tert-OH is 1. The second-order valence-electron chi connectivity index (χ2n) is 7.09. The van der Waals surface area contributed by atoms with Crippen LogP contribution in [0.5, 0.6) is 0 Å². The average Bonchev–Trinajstić information content (AvgIpc) is 2.35. The topological polar surface area (TPSA) is 32.3 Å². The maximum Gasteiger partial charge on any atom is 0.0652 e. The van der Waals surface area contributed by atoms with Crippen molar-refractivity contribution in [2.75, 3.05) is 13.2 Å². The van der Waals surface area contributed by atoms with Gasteiger partial charge in [-0.2, -0.15) is 0 Å². The zero-order valence-corrected chi connectivity index (χ0v) is 13.2. The van der Waals surface area contributed by atoms with Crippen LogP contribution in [0, 0.1) is 5.92 Å². The van der Waals surface area contributed by atoms with Crippen molar-refractivity contribution in [2.24, 2.45) is 5.92 Å². The molecule has 2 nitrogen and oxygen atoms in total. The number of hydrogen-bond acceptors (Lipinski definition) is 2. The molecular weight excluding hydrogens is 234 g/mol. The van der Waals surface area contributed by atoms with Crippen LogP contribution in [-0.2, 0) is 11.0 Å². The fraction of sp³-hybridized carbons (Fsp3) is 0.647. The molecule has 0 bridgehead atoms. The van der Waals surface area contributed by atoms with Crippen LogP contribution >= 0.6 is 0 Å². The highest BCUT2D eigenvalue weighted by Crippen LogP contribution is 2.26. The summed E-state index contributed by atoms with van der Waals surface area (Å²) in [5.41, 5.74) is 2.27. The lowest BCUT2D eigenvalue weighted by molar-refractivity contribution is 0.171. The van der Waals surface area contributed by atoms with Crippen molar-refractivity contribution in [2.45, 2.75) is 52.5 Å². The summed E-state index contributed by atoms with van der Waals surface area (Å²) >= 11 is 0. The van der Waals surface area contributed by atoms with Gasteiger partial charge in [-0.05, 0) is 35.9 Å². The molecule has 0 aromatic heterocycles. The molecule has 1 aromatic rings. The smallest absolute Gasteiger partial charge is 0.0652 e. The van der Waals surface area contributed by atoms with E-state index in [2.05, 4.69) is 71.1 Å². The van der Waals surface area contributed by atoms with Gasteiger partial charge in [0.2, 0.25) is 0 Å². The Labute approximate surface area is 118 Å². The van der Waals surface area contributed by atoms with Crippen LogP contribution in [0.3, 0.4) is 0 Å². The molecule has 0 amide bonds. The van der Waals surface area contributed by atoms with E-state index in [1.165, 1.54) is 5.56 Å².